The lowest BCUT2D eigenvalue weighted by atomic mass is 10.0. The lowest BCUT2D eigenvalue weighted by molar-refractivity contribution is 0.0996. The Hall–Kier alpha value is -2.54. The maximum absolute atomic E-state index is 13.6. The number of halogens is 1. The van der Waals surface area contributed by atoms with Crippen LogP contribution in [-0.2, 0) is 0 Å². The summed E-state index contributed by atoms with van der Waals surface area (Å²) in [4.78, 5) is 22.0. The molecule has 0 aliphatic carbocycles. The van der Waals surface area contributed by atoms with Crippen LogP contribution in [0.15, 0.2) is 24.4 Å². The van der Waals surface area contributed by atoms with Gasteiger partial charge in [-0.05, 0) is 38.7 Å². The highest BCUT2D eigenvalue weighted by Crippen LogP contribution is 2.24. The first-order chi connectivity index (χ1) is 10.9. The highest BCUT2D eigenvalue weighted by molar-refractivity contribution is 5.94. The molecular formula is C16H20FN5O. The molecule has 0 fully saturated rings. The topological polar surface area (TPSA) is 84.1 Å². The van der Waals surface area contributed by atoms with E-state index >= 15 is 0 Å². The number of amides is 1. The van der Waals surface area contributed by atoms with Gasteiger partial charge in [0.2, 0.25) is 5.95 Å². The molecule has 0 unspecified atom stereocenters. The zero-order valence-corrected chi connectivity index (χ0v) is 13.4. The van der Waals surface area contributed by atoms with Crippen molar-refractivity contribution < 1.29 is 9.18 Å². The standard InChI is InChI=1S/C16H20FN5O/c1-10-13(9-20-16(21-10)19-6-7-22(2)3)11-4-5-14(17)12(8-11)15(18)23/h4-5,8-9H,6-7H2,1-3H3,(H2,18,23)(H,19,20,21). The van der Waals surface area contributed by atoms with E-state index in [4.69, 9.17) is 5.73 Å². The normalized spacial score (nSPS) is 10.8. The smallest absolute Gasteiger partial charge is 0.251 e. The van der Waals surface area contributed by atoms with Crippen LogP contribution in [0, 0.1) is 12.7 Å². The fourth-order valence-corrected chi connectivity index (χ4v) is 2.11. The van der Waals surface area contributed by atoms with Crippen LogP contribution < -0.4 is 11.1 Å². The summed E-state index contributed by atoms with van der Waals surface area (Å²) in [5.41, 5.74) is 7.14. The fraction of sp³-hybridized carbons (Fsp3) is 0.312. The minimum absolute atomic E-state index is 0.143. The molecule has 2 aromatic rings. The van der Waals surface area contributed by atoms with Gasteiger partial charge >= 0.3 is 0 Å². The second kappa shape index (κ2) is 7.15. The molecule has 1 aromatic carbocycles. The molecule has 1 heterocycles. The van der Waals surface area contributed by atoms with Gasteiger partial charge in [-0.1, -0.05) is 6.07 Å². The van der Waals surface area contributed by atoms with E-state index in [-0.39, 0.29) is 5.56 Å². The van der Waals surface area contributed by atoms with E-state index in [0.717, 1.165) is 24.3 Å². The van der Waals surface area contributed by atoms with Gasteiger partial charge in [0.1, 0.15) is 5.82 Å². The minimum Gasteiger partial charge on any atom is -0.366 e. The number of anilines is 1. The maximum atomic E-state index is 13.6. The average molecular weight is 317 g/mol. The van der Waals surface area contributed by atoms with Crippen molar-refractivity contribution in [1.82, 2.24) is 14.9 Å². The number of nitrogens with one attached hydrogen (secondary N) is 1. The van der Waals surface area contributed by atoms with Crippen molar-refractivity contribution in [1.29, 1.82) is 0 Å². The Balaban J connectivity index is 2.24. The van der Waals surface area contributed by atoms with E-state index in [0.29, 0.717) is 11.5 Å². The van der Waals surface area contributed by atoms with Crippen LogP contribution in [0.25, 0.3) is 11.1 Å². The zero-order chi connectivity index (χ0) is 17.0. The molecular weight excluding hydrogens is 297 g/mol. The average Bonchev–Trinajstić information content (AvgIpc) is 2.47. The highest BCUT2D eigenvalue weighted by atomic mass is 19.1. The summed E-state index contributed by atoms with van der Waals surface area (Å²) < 4.78 is 13.6. The summed E-state index contributed by atoms with van der Waals surface area (Å²) in [6.07, 6.45) is 1.65. The van der Waals surface area contributed by atoms with E-state index in [1.54, 1.807) is 12.3 Å². The molecule has 0 atom stereocenters. The van der Waals surface area contributed by atoms with Crippen molar-refractivity contribution >= 4 is 11.9 Å². The summed E-state index contributed by atoms with van der Waals surface area (Å²) >= 11 is 0. The van der Waals surface area contributed by atoms with Gasteiger partial charge < -0.3 is 16.0 Å². The summed E-state index contributed by atoms with van der Waals surface area (Å²) in [7, 11) is 3.98. The van der Waals surface area contributed by atoms with Crippen molar-refractivity contribution in [2.45, 2.75) is 6.92 Å². The number of likely N-dealkylation sites (N-methyl/N-ethyl adjacent to an activating group) is 1. The Labute approximate surface area is 134 Å². The van der Waals surface area contributed by atoms with Crippen LogP contribution in [0.3, 0.4) is 0 Å². The summed E-state index contributed by atoms with van der Waals surface area (Å²) in [6.45, 7) is 3.43. The third kappa shape index (κ3) is 4.23. The monoisotopic (exact) mass is 317 g/mol. The molecule has 0 aliphatic rings. The van der Waals surface area contributed by atoms with E-state index in [9.17, 15) is 9.18 Å². The second-order valence-electron chi connectivity index (χ2n) is 5.48. The molecule has 0 saturated heterocycles. The molecule has 7 heteroatoms. The predicted octanol–water partition coefficient (Wildman–Crippen LogP) is 1.66. The molecule has 0 bridgehead atoms. The second-order valence-corrected chi connectivity index (χ2v) is 5.48. The van der Waals surface area contributed by atoms with Crippen LogP contribution in [0.1, 0.15) is 16.1 Å². The van der Waals surface area contributed by atoms with Crippen LogP contribution in [0.5, 0.6) is 0 Å². The van der Waals surface area contributed by atoms with Gasteiger partial charge in [0.15, 0.2) is 0 Å². The highest BCUT2D eigenvalue weighted by Gasteiger charge is 2.12. The van der Waals surface area contributed by atoms with Gasteiger partial charge in [-0.3, -0.25) is 4.79 Å². The molecule has 1 amide bonds. The third-order valence-corrected chi connectivity index (χ3v) is 3.36. The van der Waals surface area contributed by atoms with Gasteiger partial charge in [0.25, 0.3) is 5.91 Å². The number of hydrogen-bond donors (Lipinski definition) is 2. The van der Waals surface area contributed by atoms with Crippen molar-refractivity contribution in [3.8, 4) is 11.1 Å². The van der Waals surface area contributed by atoms with Crippen LogP contribution in [0.2, 0.25) is 0 Å². The van der Waals surface area contributed by atoms with Crippen LogP contribution in [0.4, 0.5) is 10.3 Å². The van der Waals surface area contributed by atoms with Gasteiger partial charge in [-0.25, -0.2) is 14.4 Å². The molecule has 0 aliphatic heterocycles. The summed E-state index contributed by atoms with van der Waals surface area (Å²) in [5.74, 6) is -0.906. The molecule has 0 saturated carbocycles. The zero-order valence-electron chi connectivity index (χ0n) is 13.4. The van der Waals surface area contributed by atoms with Crippen LogP contribution in [-0.4, -0.2) is 48.0 Å². The number of rotatable bonds is 6. The number of aryl methyl sites for hydroxylation is 1. The quantitative estimate of drug-likeness (QED) is 0.846. The first kappa shape index (κ1) is 16.8. The molecule has 0 spiro atoms. The van der Waals surface area contributed by atoms with Gasteiger partial charge in [-0.2, -0.15) is 0 Å². The Morgan fingerprint density at radius 3 is 2.74 bits per heavy atom. The molecule has 3 N–H and O–H groups in total. The lowest BCUT2D eigenvalue weighted by Gasteiger charge is -2.12. The van der Waals surface area contributed by atoms with Crippen molar-refractivity contribution in [2.24, 2.45) is 5.73 Å². The predicted molar refractivity (Wildman–Crippen MR) is 87.7 cm³/mol. The van der Waals surface area contributed by atoms with Gasteiger partial charge in [0, 0.05) is 24.8 Å². The van der Waals surface area contributed by atoms with E-state index < -0.39 is 11.7 Å². The Bertz CT molecular complexity index is 718. The maximum Gasteiger partial charge on any atom is 0.251 e. The Kier molecular flexibility index (Phi) is 5.23. The Morgan fingerprint density at radius 2 is 2.13 bits per heavy atom. The van der Waals surface area contributed by atoms with E-state index in [1.165, 1.54) is 12.1 Å². The molecule has 1 aromatic heterocycles. The summed E-state index contributed by atoms with van der Waals surface area (Å²) in [5, 5.41) is 3.14. The molecule has 122 valence electrons. The number of nitrogens with zero attached hydrogens (tertiary/aromatic N) is 3. The third-order valence-electron chi connectivity index (χ3n) is 3.36. The van der Waals surface area contributed by atoms with Crippen molar-refractivity contribution in [3.05, 3.63) is 41.5 Å². The fourth-order valence-electron chi connectivity index (χ4n) is 2.11. The number of nitrogens with two attached hydrogens (primary N) is 1. The number of carbonyl (C=O) groups is 1. The van der Waals surface area contributed by atoms with Gasteiger partial charge in [-0.15, -0.1) is 0 Å². The minimum atomic E-state index is -0.801. The number of hydrogen-bond acceptors (Lipinski definition) is 5. The number of primary amides is 1. The Morgan fingerprint density at radius 1 is 1.39 bits per heavy atom. The van der Waals surface area contributed by atoms with E-state index in [1.807, 2.05) is 21.0 Å². The van der Waals surface area contributed by atoms with E-state index in [2.05, 4.69) is 20.2 Å². The number of aromatic nitrogens is 2. The van der Waals surface area contributed by atoms with Crippen molar-refractivity contribution in [3.63, 3.8) is 0 Å². The van der Waals surface area contributed by atoms with Crippen LogP contribution >= 0.6 is 0 Å². The number of carbonyl (C=O) groups excluding carboxylic acids is 1. The first-order valence-corrected chi connectivity index (χ1v) is 7.20. The number of benzene rings is 1. The SMILES string of the molecule is Cc1nc(NCCN(C)C)ncc1-c1ccc(F)c(C(N)=O)c1. The van der Waals surface area contributed by atoms with Crippen molar-refractivity contribution in [2.75, 3.05) is 32.5 Å². The molecule has 2 rings (SSSR count). The van der Waals surface area contributed by atoms with Gasteiger partial charge in [0.05, 0.1) is 11.3 Å². The largest absolute Gasteiger partial charge is 0.366 e. The molecule has 6 nitrogen and oxygen atoms in total. The summed E-state index contributed by atoms with van der Waals surface area (Å²) in [6, 6.07) is 4.22. The molecule has 23 heavy (non-hydrogen) atoms. The lowest BCUT2D eigenvalue weighted by Crippen LogP contribution is -2.21. The first-order valence-electron chi connectivity index (χ1n) is 7.20. The molecule has 0 radical (unpaired) electrons.